The van der Waals surface area contributed by atoms with E-state index >= 15 is 0 Å². The van der Waals surface area contributed by atoms with Gasteiger partial charge in [0.1, 0.15) is 8.42 Å². The molecule has 174 valence electrons. The Morgan fingerprint density at radius 1 is 0.879 bits per heavy atom. The Morgan fingerprint density at radius 2 is 1.45 bits per heavy atom. The lowest BCUT2D eigenvalue weighted by Crippen LogP contribution is -2.21. The highest BCUT2D eigenvalue weighted by molar-refractivity contribution is 8.00. The second-order valence-corrected chi connectivity index (χ2v) is 13.6. The van der Waals surface area contributed by atoms with E-state index in [1.165, 1.54) is 30.3 Å². The van der Waals surface area contributed by atoms with Crippen molar-refractivity contribution < 1.29 is 21.6 Å². The zero-order valence-corrected chi connectivity index (χ0v) is 20.9. The van der Waals surface area contributed by atoms with Gasteiger partial charge in [-0.15, -0.1) is 22.7 Å². The molecule has 33 heavy (non-hydrogen) atoms. The van der Waals surface area contributed by atoms with E-state index in [9.17, 15) is 21.6 Å². The molecule has 0 bridgehead atoms. The Morgan fingerprint density at radius 3 is 1.91 bits per heavy atom. The minimum atomic E-state index is -3.91. The summed E-state index contributed by atoms with van der Waals surface area (Å²) in [4.78, 5) is 12.7. The van der Waals surface area contributed by atoms with Crippen LogP contribution in [0.25, 0.3) is 0 Å². The Kier molecular flexibility index (Phi) is 7.09. The Labute approximate surface area is 203 Å². The summed E-state index contributed by atoms with van der Waals surface area (Å²) in [7, 11) is -7.82. The van der Waals surface area contributed by atoms with Gasteiger partial charge in [-0.05, 0) is 53.3 Å². The number of carbonyl (C=O) groups excluding carboxylic acids is 1. The third kappa shape index (κ3) is 5.95. The van der Waals surface area contributed by atoms with E-state index < -0.39 is 26.0 Å². The number of nitrogens with one attached hydrogen (secondary N) is 3. The first-order valence-corrected chi connectivity index (χ1v) is 15.3. The van der Waals surface area contributed by atoms with Crippen LogP contribution in [0.1, 0.15) is 16.8 Å². The molecule has 1 aliphatic heterocycles. The van der Waals surface area contributed by atoms with Gasteiger partial charge in [-0.3, -0.25) is 14.2 Å². The van der Waals surface area contributed by atoms with Crippen molar-refractivity contribution in [1.82, 2.24) is 5.43 Å². The normalized spacial score (nSPS) is 15.5. The third-order valence-electron chi connectivity index (χ3n) is 4.34. The second kappa shape index (κ2) is 9.85. The highest BCUT2D eigenvalue weighted by atomic mass is 32.3. The van der Waals surface area contributed by atoms with Crippen LogP contribution in [0, 0.1) is 0 Å². The molecule has 1 aliphatic rings. The first-order valence-electron chi connectivity index (χ1n) is 9.44. The number of hydrogen-bond donors (Lipinski definition) is 3. The molecule has 0 saturated carbocycles. The Balaban J connectivity index is 1.66. The van der Waals surface area contributed by atoms with Gasteiger partial charge < -0.3 is 0 Å². The fourth-order valence-corrected chi connectivity index (χ4v) is 7.89. The van der Waals surface area contributed by atoms with Crippen molar-refractivity contribution in [2.24, 2.45) is 5.10 Å². The summed E-state index contributed by atoms with van der Waals surface area (Å²) in [6.45, 7) is 0. The molecule has 2 aromatic heterocycles. The van der Waals surface area contributed by atoms with Gasteiger partial charge in [0, 0.05) is 17.0 Å². The molecule has 1 fully saturated rings. The third-order valence-corrected chi connectivity index (χ3v) is 10.9. The van der Waals surface area contributed by atoms with Crippen LogP contribution in [-0.2, 0) is 20.0 Å². The standard InChI is InChI=1S/C19H18N4O5S5/c24-19(21-20-14-5-8-29-12-14)13-9-15(22-32(25,26)17-3-1-6-30-17)11-16(10-13)23-33(27,28)18-4-2-7-31-18/h1-4,6-7,9-11,22-23H,5,8,12H2,(H,21,24)/b20-14-. The van der Waals surface area contributed by atoms with Crippen molar-refractivity contribution in [2.75, 3.05) is 20.9 Å². The van der Waals surface area contributed by atoms with E-state index in [4.69, 9.17) is 0 Å². The molecule has 1 amide bonds. The number of hydrogen-bond acceptors (Lipinski definition) is 9. The minimum absolute atomic E-state index is 0.0315. The van der Waals surface area contributed by atoms with Crippen LogP contribution in [0.4, 0.5) is 11.4 Å². The van der Waals surface area contributed by atoms with E-state index in [0.29, 0.717) is 0 Å². The van der Waals surface area contributed by atoms with Crippen LogP contribution < -0.4 is 14.9 Å². The molecule has 1 saturated heterocycles. The number of amides is 1. The SMILES string of the molecule is O=C(N/N=C1/CCSC1)c1cc(NS(=O)(=O)c2cccs2)cc(NS(=O)(=O)c2cccs2)c1. The molecule has 3 aromatic rings. The Hall–Kier alpha value is -2.39. The van der Waals surface area contributed by atoms with E-state index in [0.717, 1.165) is 46.3 Å². The summed E-state index contributed by atoms with van der Waals surface area (Å²) >= 11 is 3.78. The lowest BCUT2D eigenvalue weighted by Gasteiger charge is -2.13. The number of sulfonamides is 2. The summed E-state index contributed by atoms with van der Waals surface area (Å²) in [5, 5.41) is 7.36. The molecule has 14 heteroatoms. The molecule has 3 heterocycles. The fourth-order valence-electron chi connectivity index (χ4n) is 2.85. The Bertz CT molecular complexity index is 1290. The number of carbonyl (C=O) groups is 1. The van der Waals surface area contributed by atoms with Crippen molar-refractivity contribution in [3.8, 4) is 0 Å². The number of nitrogens with zero attached hydrogens (tertiary/aromatic N) is 1. The van der Waals surface area contributed by atoms with Crippen molar-refractivity contribution in [3.63, 3.8) is 0 Å². The zero-order chi connectivity index (χ0) is 23.5. The van der Waals surface area contributed by atoms with Crippen molar-refractivity contribution in [1.29, 1.82) is 0 Å². The monoisotopic (exact) mass is 542 g/mol. The lowest BCUT2D eigenvalue weighted by molar-refractivity contribution is 0.0954. The summed E-state index contributed by atoms with van der Waals surface area (Å²) in [5.41, 5.74) is 3.41. The first kappa shape index (κ1) is 23.8. The highest BCUT2D eigenvalue weighted by Crippen LogP contribution is 2.27. The van der Waals surface area contributed by atoms with Crippen LogP contribution >= 0.6 is 34.4 Å². The van der Waals surface area contributed by atoms with Gasteiger partial charge in [-0.25, -0.2) is 22.3 Å². The lowest BCUT2D eigenvalue weighted by atomic mass is 10.1. The molecular formula is C19H18N4O5S5. The highest BCUT2D eigenvalue weighted by Gasteiger charge is 2.20. The number of thioether (sulfide) groups is 1. The van der Waals surface area contributed by atoms with Crippen LogP contribution in [0.2, 0.25) is 0 Å². The number of thiophene rings is 2. The van der Waals surface area contributed by atoms with Gasteiger partial charge in [0.2, 0.25) is 0 Å². The van der Waals surface area contributed by atoms with Gasteiger partial charge in [0.05, 0.1) is 11.4 Å². The van der Waals surface area contributed by atoms with Crippen molar-refractivity contribution in [3.05, 3.63) is 58.8 Å². The maximum Gasteiger partial charge on any atom is 0.271 e. The summed E-state index contributed by atoms with van der Waals surface area (Å²) in [6, 6.07) is 10.1. The molecule has 0 atom stereocenters. The van der Waals surface area contributed by atoms with Crippen LogP contribution in [0.5, 0.6) is 0 Å². The molecule has 0 unspecified atom stereocenters. The van der Waals surface area contributed by atoms with Gasteiger partial charge in [-0.1, -0.05) is 12.1 Å². The second-order valence-electron chi connectivity index (χ2n) is 6.80. The largest absolute Gasteiger partial charge is 0.279 e. The smallest absolute Gasteiger partial charge is 0.271 e. The number of rotatable bonds is 8. The number of anilines is 2. The zero-order valence-electron chi connectivity index (χ0n) is 16.8. The van der Waals surface area contributed by atoms with E-state index in [2.05, 4.69) is 20.0 Å². The van der Waals surface area contributed by atoms with Crippen molar-refractivity contribution in [2.45, 2.75) is 14.8 Å². The topological polar surface area (TPSA) is 134 Å². The predicted octanol–water partition coefficient (Wildman–Crippen LogP) is 3.63. The first-order chi connectivity index (χ1) is 15.7. The molecule has 0 spiro atoms. The summed E-state index contributed by atoms with van der Waals surface area (Å²) < 4.78 is 55.6. The maximum atomic E-state index is 12.7. The van der Waals surface area contributed by atoms with Crippen molar-refractivity contribution >= 4 is 77.5 Å². The van der Waals surface area contributed by atoms with Crippen LogP contribution in [0.3, 0.4) is 0 Å². The van der Waals surface area contributed by atoms with Gasteiger partial charge in [0.15, 0.2) is 0 Å². The molecule has 0 aliphatic carbocycles. The molecular weight excluding hydrogens is 525 g/mol. The molecule has 0 radical (unpaired) electrons. The number of benzene rings is 1. The summed E-state index contributed by atoms with van der Waals surface area (Å²) in [5.74, 6) is 1.07. The van der Waals surface area contributed by atoms with Crippen LogP contribution in [-0.4, -0.2) is 40.0 Å². The molecule has 1 aromatic carbocycles. The quantitative estimate of drug-likeness (QED) is 0.372. The van der Waals surface area contributed by atoms with E-state index in [1.807, 2.05) is 0 Å². The molecule has 3 N–H and O–H groups in total. The average Bonchev–Trinajstić information content (AvgIpc) is 3.54. The fraction of sp³-hybridized carbons (Fsp3) is 0.158. The minimum Gasteiger partial charge on any atom is -0.279 e. The van der Waals surface area contributed by atoms with E-state index in [-0.39, 0.29) is 25.4 Å². The maximum absolute atomic E-state index is 12.7. The van der Waals surface area contributed by atoms with Crippen LogP contribution in [0.15, 0.2) is 66.7 Å². The summed E-state index contributed by atoms with van der Waals surface area (Å²) in [6.07, 6.45) is 0.775. The van der Waals surface area contributed by atoms with E-state index in [1.54, 1.807) is 34.7 Å². The molecule has 4 rings (SSSR count). The molecule has 9 nitrogen and oxygen atoms in total. The predicted molar refractivity (Wildman–Crippen MR) is 134 cm³/mol. The van der Waals surface area contributed by atoms with Gasteiger partial charge in [-0.2, -0.15) is 16.9 Å². The number of hydrazone groups is 1. The van der Waals surface area contributed by atoms with Gasteiger partial charge in [0.25, 0.3) is 26.0 Å². The van der Waals surface area contributed by atoms with Gasteiger partial charge >= 0.3 is 0 Å². The average molecular weight is 543 g/mol.